The summed E-state index contributed by atoms with van der Waals surface area (Å²) in [7, 11) is 1.89. The summed E-state index contributed by atoms with van der Waals surface area (Å²) in [6, 6.07) is 0.328. The maximum atomic E-state index is 12.0. The van der Waals surface area contributed by atoms with Crippen LogP contribution in [0.2, 0.25) is 0 Å². The van der Waals surface area contributed by atoms with Gasteiger partial charge >= 0.3 is 0 Å². The number of rotatable bonds is 4. The second-order valence-electron chi connectivity index (χ2n) is 4.39. The highest BCUT2D eigenvalue weighted by Gasteiger charge is 2.35. The smallest absolute Gasteiger partial charge is 0.240 e. The molecule has 2 atom stereocenters. The van der Waals surface area contributed by atoms with Gasteiger partial charge in [-0.15, -0.1) is 0 Å². The maximum Gasteiger partial charge on any atom is 0.240 e. The highest BCUT2D eigenvalue weighted by Crippen LogP contribution is 2.17. The molecule has 0 bridgehead atoms. The van der Waals surface area contributed by atoms with E-state index in [9.17, 15) is 4.79 Å². The molecule has 1 aliphatic rings. The lowest BCUT2D eigenvalue weighted by Crippen LogP contribution is -2.60. The molecule has 1 amide bonds. The number of hydrogen-bond acceptors (Lipinski definition) is 3. The van der Waals surface area contributed by atoms with Crippen molar-refractivity contribution in [3.63, 3.8) is 0 Å². The summed E-state index contributed by atoms with van der Waals surface area (Å²) >= 11 is 0. The largest absolute Gasteiger partial charge is 0.340 e. The Hall–Kier alpha value is -0.610. The van der Waals surface area contributed by atoms with Crippen molar-refractivity contribution in [2.45, 2.75) is 38.8 Å². The van der Waals surface area contributed by atoms with Crippen LogP contribution >= 0.6 is 0 Å². The van der Waals surface area contributed by atoms with Crippen molar-refractivity contribution in [3.8, 4) is 0 Å². The number of nitrogens with two attached hydrogens (primary N) is 1. The zero-order valence-electron chi connectivity index (χ0n) is 10.1. The van der Waals surface area contributed by atoms with E-state index in [1.165, 1.54) is 0 Å². The molecule has 2 N–H and O–H groups in total. The second kappa shape index (κ2) is 5.47. The van der Waals surface area contributed by atoms with Crippen molar-refractivity contribution in [2.24, 2.45) is 5.73 Å². The molecule has 4 nitrogen and oxygen atoms in total. The van der Waals surface area contributed by atoms with Gasteiger partial charge in [0.05, 0.1) is 6.04 Å². The predicted octanol–water partition coefficient (Wildman–Crippen LogP) is 0.276. The summed E-state index contributed by atoms with van der Waals surface area (Å²) in [4.78, 5) is 16.2. The Morgan fingerprint density at radius 3 is 2.73 bits per heavy atom. The van der Waals surface area contributed by atoms with E-state index in [0.717, 1.165) is 25.9 Å². The number of piperazine rings is 1. The Kier molecular flexibility index (Phi) is 4.54. The normalized spacial score (nSPS) is 28.5. The van der Waals surface area contributed by atoms with Crippen molar-refractivity contribution in [1.29, 1.82) is 0 Å². The third kappa shape index (κ3) is 2.69. The van der Waals surface area contributed by atoms with Crippen molar-refractivity contribution >= 4 is 5.91 Å². The molecule has 2 unspecified atom stereocenters. The summed E-state index contributed by atoms with van der Waals surface area (Å²) in [6.45, 7) is 6.79. The van der Waals surface area contributed by atoms with Gasteiger partial charge in [0, 0.05) is 19.6 Å². The van der Waals surface area contributed by atoms with Crippen molar-refractivity contribution in [3.05, 3.63) is 0 Å². The summed E-state index contributed by atoms with van der Waals surface area (Å²) in [5.41, 5.74) is 5.56. The molecule has 1 heterocycles. The first kappa shape index (κ1) is 12.5. The maximum absolute atomic E-state index is 12.0. The van der Waals surface area contributed by atoms with Gasteiger partial charge in [-0.2, -0.15) is 0 Å². The van der Waals surface area contributed by atoms with Gasteiger partial charge in [-0.3, -0.25) is 9.69 Å². The summed E-state index contributed by atoms with van der Waals surface area (Å²) in [5.74, 6) is 0.229. The summed E-state index contributed by atoms with van der Waals surface area (Å²) in [5, 5.41) is 0. The number of likely N-dealkylation sites (N-methyl/N-ethyl adjacent to an activating group) is 1. The van der Waals surface area contributed by atoms with E-state index in [2.05, 4.69) is 18.7 Å². The van der Waals surface area contributed by atoms with Gasteiger partial charge in [0.25, 0.3) is 0 Å². The van der Waals surface area contributed by atoms with Gasteiger partial charge < -0.3 is 10.6 Å². The highest BCUT2D eigenvalue weighted by molar-refractivity contribution is 5.82. The molecule has 0 aromatic heterocycles. The van der Waals surface area contributed by atoms with Crippen LogP contribution in [-0.4, -0.2) is 54.5 Å². The van der Waals surface area contributed by atoms with Crippen LogP contribution in [0.5, 0.6) is 0 Å². The van der Waals surface area contributed by atoms with Crippen LogP contribution in [0.4, 0.5) is 0 Å². The minimum absolute atomic E-state index is 0.0103. The van der Waals surface area contributed by atoms with E-state index < -0.39 is 0 Å². The average Bonchev–Trinajstić information content (AvgIpc) is 2.21. The molecule has 0 radical (unpaired) electrons. The fraction of sp³-hybridized carbons (Fsp3) is 0.909. The van der Waals surface area contributed by atoms with Crippen LogP contribution in [0.3, 0.4) is 0 Å². The number of carbonyl (C=O) groups is 1. The lowest BCUT2D eigenvalue weighted by atomic mass is 10.0. The second-order valence-corrected chi connectivity index (χ2v) is 4.39. The van der Waals surface area contributed by atoms with Crippen LogP contribution in [0.15, 0.2) is 0 Å². The molecule has 0 aromatic carbocycles. The van der Waals surface area contributed by atoms with Gasteiger partial charge in [-0.05, 0) is 32.9 Å². The fourth-order valence-electron chi connectivity index (χ4n) is 2.20. The molecule has 0 spiro atoms. The molecular formula is C11H23N3O. The standard InChI is InChI=1S/C11H23N3O/c1-4-7-14-8-9(2)13(3)11(15)10(14)5-6-12/h9-10H,4-8,12H2,1-3H3. The molecule has 1 rings (SSSR count). The predicted molar refractivity (Wildman–Crippen MR) is 61.6 cm³/mol. The van der Waals surface area contributed by atoms with Crippen LogP contribution < -0.4 is 5.73 Å². The Morgan fingerprint density at radius 1 is 1.53 bits per heavy atom. The first-order chi connectivity index (χ1) is 7.11. The van der Waals surface area contributed by atoms with E-state index in [-0.39, 0.29) is 11.9 Å². The number of hydrogen-bond donors (Lipinski definition) is 1. The average molecular weight is 213 g/mol. The van der Waals surface area contributed by atoms with Gasteiger partial charge in [0.15, 0.2) is 0 Å². The van der Waals surface area contributed by atoms with Gasteiger partial charge in [-0.25, -0.2) is 0 Å². The number of carbonyl (C=O) groups excluding carboxylic acids is 1. The summed E-state index contributed by atoms with van der Waals surface area (Å²) in [6.07, 6.45) is 1.86. The molecular weight excluding hydrogens is 190 g/mol. The van der Waals surface area contributed by atoms with E-state index in [1.807, 2.05) is 11.9 Å². The Bertz CT molecular complexity index is 220. The van der Waals surface area contributed by atoms with Crippen LogP contribution in [0, 0.1) is 0 Å². The number of nitrogens with zero attached hydrogens (tertiary/aromatic N) is 2. The Morgan fingerprint density at radius 2 is 2.20 bits per heavy atom. The molecule has 4 heteroatoms. The van der Waals surface area contributed by atoms with Gasteiger partial charge in [-0.1, -0.05) is 6.92 Å². The third-order valence-corrected chi connectivity index (χ3v) is 3.18. The fourth-order valence-corrected chi connectivity index (χ4v) is 2.20. The molecule has 0 aliphatic carbocycles. The first-order valence-electron chi connectivity index (χ1n) is 5.82. The van der Waals surface area contributed by atoms with E-state index in [0.29, 0.717) is 12.6 Å². The van der Waals surface area contributed by atoms with Crippen LogP contribution in [-0.2, 0) is 4.79 Å². The molecule has 1 saturated heterocycles. The zero-order valence-corrected chi connectivity index (χ0v) is 10.1. The third-order valence-electron chi connectivity index (χ3n) is 3.18. The quantitative estimate of drug-likeness (QED) is 0.729. The minimum Gasteiger partial charge on any atom is -0.340 e. The van der Waals surface area contributed by atoms with Crippen molar-refractivity contribution in [2.75, 3.05) is 26.7 Å². The molecule has 1 fully saturated rings. The van der Waals surface area contributed by atoms with Crippen molar-refractivity contribution in [1.82, 2.24) is 9.80 Å². The van der Waals surface area contributed by atoms with Crippen molar-refractivity contribution < 1.29 is 4.79 Å². The first-order valence-corrected chi connectivity index (χ1v) is 5.82. The summed E-state index contributed by atoms with van der Waals surface area (Å²) < 4.78 is 0. The SMILES string of the molecule is CCCN1CC(C)N(C)C(=O)C1CCN. The van der Waals surface area contributed by atoms with Crippen LogP contribution in [0.1, 0.15) is 26.7 Å². The van der Waals surface area contributed by atoms with Gasteiger partial charge in [0.1, 0.15) is 0 Å². The topological polar surface area (TPSA) is 49.6 Å². The zero-order chi connectivity index (χ0) is 11.4. The monoisotopic (exact) mass is 213 g/mol. The van der Waals surface area contributed by atoms with E-state index in [4.69, 9.17) is 5.73 Å². The molecule has 0 saturated carbocycles. The van der Waals surface area contributed by atoms with E-state index >= 15 is 0 Å². The lowest BCUT2D eigenvalue weighted by molar-refractivity contribution is -0.143. The lowest BCUT2D eigenvalue weighted by Gasteiger charge is -2.43. The molecule has 0 aromatic rings. The number of amides is 1. The molecule has 88 valence electrons. The molecule has 15 heavy (non-hydrogen) atoms. The highest BCUT2D eigenvalue weighted by atomic mass is 16.2. The van der Waals surface area contributed by atoms with E-state index in [1.54, 1.807) is 0 Å². The minimum atomic E-state index is 0.0103. The Labute approximate surface area is 92.4 Å². The van der Waals surface area contributed by atoms with Gasteiger partial charge in [0.2, 0.25) is 5.91 Å². The molecule has 1 aliphatic heterocycles. The Balaban J connectivity index is 2.71. The van der Waals surface area contributed by atoms with Crippen LogP contribution in [0.25, 0.3) is 0 Å².